The Labute approximate surface area is 122 Å². The fourth-order valence-electron chi connectivity index (χ4n) is 4.79. The van der Waals surface area contributed by atoms with E-state index in [1.165, 1.54) is 38.6 Å². The van der Waals surface area contributed by atoms with Gasteiger partial charge in [0.15, 0.2) is 0 Å². The molecule has 0 spiro atoms. The van der Waals surface area contributed by atoms with Crippen molar-refractivity contribution in [2.24, 2.45) is 11.8 Å². The standard InChI is InChI=1S/C16H28N2O2/c1-17-9-3-2-6-13(17)8-10-18-11-12-5-4-7-14(12)15(18)16(19)20/h12-15H,2-11H2,1H3,(H,19,20). The molecule has 1 saturated carbocycles. The van der Waals surface area contributed by atoms with Gasteiger partial charge >= 0.3 is 5.97 Å². The highest BCUT2D eigenvalue weighted by molar-refractivity contribution is 5.74. The number of carboxylic acids is 1. The minimum absolute atomic E-state index is 0.198. The van der Waals surface area contributed by atoms with Gasteiger partial charge in [-0.15, -0.1) is 0 Å². The molecule has 20 heavy (non-hydrogen) atoms. The zero-order valence-electron chi connectivity index (χ0n) is 12.6. The van der Waals surface area contributed by atoms with Crippen LogP contribution in [0.5, 0.6) is 0 Å². The van der Waals surface area contributed by atoms with Gasteiger partial charge in [0.1, 0.15) is 6.04 Å². The summed E-state index contributed by atoms with van der Waals surface area (Å²) in [6.07, 6.45) is 8.68. The largest absolute Gasteiger partial charge is 0.480 e. The third kappa shape index (κ3) is 2.73. The van der Waals surface area contributed by atoms with Crippen LogP contribution in [0.4, 0.5) is 0 Å². The van der Waals surface area contributed by atoms with Gasteiger partial charge in [-0.2, -0.15) is 0 Å². The van der Waals surface area contributed by atoms with Gasteiger partial charge in [0.25, 0.3) is 0 Å². The Balaban J connectivity index is 1.57. The second kappa shape index (κ2) is 6.02. The van der Waals surface area contributed by atoms with E-state index in [0.717, 1.165) is 25.9 Å². The van der Waals surface area contributed by atoms with Gasteiger partial charge in [0.2, 0.25) is 0 Å². The number of fused-ring (bicyclic) bond motifs is 1. The van der Waals surface area contributed by atoms with Crippen molar-refractivity contribution >= 4 is 5.97 Å². The van der Waals surface area contributed by atoms with E-state index in [1.54, 1.807) is 0 Å². The van der Waals surface area contributed by atoms with Crippen molar-refractivity contribution in [3.8, 4) is 0 Å². The first-order valence-electron chi connectivity index (χ1n) is 8.34. The van der Waals surface area contributed by atoms with Crippen LogP contribution in [0.15, 0.2) is 0 Å². The summed E-state index contributed by atoms with van der Waals surface area (Å²) in [6.45, 7) is 3.20. The van der Waals surface area contributed by atoms with Crippen LogP contribution in [-0.4, -0.2) is 59.6 Å². The van der Waals surface area contributed by atoms with Crippen LogP contribution < -0.4 is 0 Å². The summed E-state index contributed by atoms with van der Waals surface area (Å²) in [7, 11) is 2.22. The number of carbonyl (C=O) groups is 1. The highest BCUT2D eigenvalue weighted by Gasteiger charge is 2.47. The molecule has 4 unspecified atom stereocenters. The van der Waals surface area contributed by atoms with Gasteiger partial charge in [-0.3, -0.25) is 9.69 Å². The maximum absolute atomic E-state index is 11.6. The maximum Gasteiger partial charge on any atom is 0.321 e. The lowest BCUT2D eigenvalue weighted by atomic mass is 9.94. The second-order valence-corrected chi connectivity index (χ2v) is 7.05. The van der Waals surface area contributed by atoms with Crippen LogP contribution >= 0.6 is 0 Å². The SMILES string of the molecule is CN1CCCCC1CCN1CC2CCCC2C1C(=O)O. The molecule has 3 fully saturated rings. The maximum atomic E-state index is 11.6. The van der Waals surface area contributed by atoms with Crippen LogP contribution in [-0.2, 0) is 4.79 Å². The van der Waals surface area contributed by atoms with Crippen LogP contribution in [0.3, 0.4) is 0 Å². The van der Waals surface area contributed by atoms with Gasteiger partial charge < -0.3 is 10.0 Å². The number of aliphatic carboxylic acids is 1. The summed E-state index contributed by atoms with van der Waals surface area (Å²) in [5, 5.41) is 9.57. The third-order valence-corrected chi connectivity index (χ3v) is 5.91. The van der Waals surface area contributed by atoms with Gasteiger partial charge in [-0.05, 0) is 57.5 Å². The predicted molar refractivity (Wildman–Crippen MR) is 78.7 cm³/mol. The third-order valence-electron chi connectivity index (χ3n) is 5.91. The molecule has 4 atom stereocenters. The molecular weight excluding hydrogens is 252 g/mol. The first kappa shape index (κ1) is 14.3. The van der Waals surface area contributed by atoms with Gasteiger partial charge in [-0.1, -0.05) is 12.8 Å². The summed E-state index contributed by atoms with van der Waals surface area (Å²) in [5.41, 5.74) is 0. The minimum Gasteiger partial charge on any atom is -0.480 e. The average Bonchev–Trinajstić information content (AvgIpc) is 2.97. The van der Waals surface area contributed by atoms with Crippen LogP contribution in [0.2, 0.25) is 0 Å². The molecule has 114 valence electrons. The van der Waals surface area contributed by atoms with E-state index in [9.17, 15) is 9.90 Å². The van der Waals surface area contributed by atoms with Crippen molar-refractivity contribution in [3.05, 3.63) is 0 Å². The van der Waals surface area contributed by atoms with Crippen molar-refractivity contribution in [1.29, 1.82) is 0 Å². The number of carboxylic acid groups (broad SMARTS) is 1. The fraction of sp³-hybridized carbons (Fsp3) is 0.938. The van der Waals surface area contributed by atoms with Crippen molar-refractivity contribution in [2.45, 2.75) is 57.0 Å². The molecule has 1 N–H and O–H groups in total. The van der Waals surface area contributed by atoms with E-state index in [1.807, 2.05) is 0 Å². The zero-order chi connectivity index (χ0) is 14.1. The molecule has 1 aliphatic carbocycles. The number of rotatable bonds is 4. The van der Waals surface area contributed by atoms with Crippen molar-refractivity contribution in [1.82, 2.24) is 9.80 Å². The van der Waals surface area contributed by atoms with E-state index >= 15 is 0 Å². The molecule has 3 rings (SSSR count). The Kier molecular flexibility index (Phi) is 4.32. The quantitative estimate of drug-likeness (QED) is 0.856. The van der Waals surface area contributed by atoms with Crippen LogP contribution in [0.25, 0.3) is 0 Å². The van der Waals surface area contributed by atoms with Crippen LogP contribution in [0, 0.1) is 11.8 Å². The highest BCUT2D eigenvalue weighted by atomic mass is 16.4. The van der Waals surface area contributed by atoms with Gasteiger partial charge in [-0.25, -0.2) is 0 Å². The van der Waals surface area contributed by atoms with Crippen molar-refractivity contribution in [3.63, 3.8) is 0 Å². The number of hydrogen-bond acceptors (Lipinski definition) is 3. The summed E-state index contributed by atoms with van der Waals surface area (Å²) in [5.74, 6) is 0.494. The van der Waals surface area contributed by atoms with E-state index in [4.69, 9.17) is 0 Å². The molecule has 3 aliphatic rings. The average molecular weight is 280 g/mol. The molecule has 4 heteroatoms. The molecule has 0 radical (unpaired) electrons. The second-order valence-electron chi connectivity index (χ2n) is 7.05. The lowest BCUT2D eigenvalue weighted by Crippen LogP contribution is -2.43. The molecule has 0 aromatic rings. The van der Waals surface area contributed by atoms with Gasteiger partial charge in [0.05, 0.1) is 0 Å². The first-order valence-corrected chi connectivity index (χ1v) is 8.34. The summed E-state index contributed by atoms with van der Waals surface area (Å²) < 4.78 is 0. The number of hydrogen-bond donors (Lipinski definition) is 1. The molecule has 2 heterocycles. The molecular formula is C16H28N2O2. The molecule has 2 aliphatic heterocycles. The molecule has 2 saturated heterocycles. The molecule has 0 aromatic heterocycles. The van der Waals surface area contributed by atoms with Crippen LogP contribution in [0.1, 0.15) is 44.9 Å². The van der Waals surface area contributed by atoms with E-state index in [2.05, 4.69) is 16.8 Å². The highest BCUT2D eigenvalue weighted by Crippen LogP contribution is 2.42. The monoisotopic (exact) mass is 280 g/mol. The molecule has 0 aromatic carbocycles. The molecule has 0 amide bonds. The summed E-state index contributed by atoms with van der Waals surface area (Å²) in [4.78, 5) is 16.4. The lowest BCUT2D eigenvalue weighted by Gasteiger charge is -2.34. The first-order chi connectivity index (χ1) is 9.66. The van der Waals surface area contributed by atoms with Crippen molar-refractivity contribution < 1.29 is 9.90 Å². The Morgan fingerprint density at radius 3 is 2.80 bits per heavy atom. The van der Waals surface area contributed by atoms with Crippen molar-refractivity contribution in [2.75, 3.05) is 26.7 Å². The topological polar surface area (TPSA) is 43.8 Å². The summed E-state index contributed by atoms with van der Waals surface area (Å²) in [6, 6.07) is 0.468. The Hall–Kier alpha value is -0.610. The lowest BCUT2D eigenvalue weighted by molar-refractivity contribution is -0.143. The fourth-order valence-corrected chi connectivity index (χ4v) is 4.79. The van der Waals surface area contributed by atoms with E-state index in [0.29, 0.717) is 17.9 Å². The predicted octanol–water partition coefficient (Wildman–Crippen LogP) is 2.05. The zero-order valence-corrected chi connectivity index (χ0v) is 12.6. The van der Waals surface area contributed by atoms with Gasteiger partial charge in [0, 0.05) is 19.1 Å². The molecule has 4 nitrogen and oxygen atoms in total. The molecule has 0 bridgehead atoms. The number of piperidine rings is 1. The number of nitrogens with zero attached hydrogens (tertiary/aromatic N) is 2. The Morgan fingerprint density at radius 1 is 1.20 bits per heavy atom. The Morgan fingerprint density at radius 2 is 2.05 bits per heavy atom. The smallest absolute Gasteiger partial charge is 0.321 e. The van der Waals surface area contributed by atoms with E-state index in [-0.39, 0.29) is 6.04 Å². The number of likely N-dealkylation sites (tertiary alicyclic amines) is 2. The Bertz CT molecular complexity index is 360. The van der Waals surface area contributed by atoms with E-state index < -0.39 is 5.97 Å². The normalized spacial score (nSPS) is 39.0. The summed E-state index contributed by atoms with van der Waals surface area (Å²) >= 11 is 0. The minimum atomic E-state index is -0.587.